The van der Waals surface area contributed by atoms with Crippen molar-refractivity contribution in [1.29, 1.82) is 0 Å². The van der Waals surface area contributed by atoms with Crippen molar-refractivity contribution >= 4 is 17.5 Å². The highest BCUT2D eigenvalue weighted by atomic mass is 16.5. The van der Waals surface area contributed by atoms with Crippen LogP contribution in [0.4, 0.5) is 5.69 Å². The van der Waals surface area contributed by atoms with Gasteiger partial charge in [-0.1, -0.05) is 44.2 Å². The fourth-order valence-electron chi connectivity index (χ4n) is 2.16. The highest BCUT2D eigenvalue weighted by molar-refractivity contribution is 6.40. The van der Waals surface area contributed by atoms with E-state index in [0.717, 1.165) is 5.56 Å². The smallest absolute Gasteiger partial charge is 0.313 e. The summed E-state index contributed by atoms with van der Waals surface area (Å²) in [6.45, 7) is 4.25. The first-order valence-corrected chi connectivity index (χ1v) is 8.52. The standard InChI is InChI=1S/C18H20N2O5.C2H6/c1-23-13-9-14(24-2)16(15(10-13)25-3)20-18(22)17(21)19-11-12-7-5-4-6-8-12;1-2/h4-10H,11H2,1-3H3,(H,19,21)(H,20,22);1-2H3. The molecule has 0 saturated heterocycles. The summed E-state index contributed by atoms with van der Waals surface area (Å²) in [4.78, 5) is 24.2. The molecular formula is C20H26N2O5. The van der Waals surface area contributed by atoms with Gasteiger partial charge in [0.25, 0.3) is 0 Å². The van der Waals surface area contributed by atoms with Crippen LogP contribution in [0.25, 0.3) is 0 Å². The third-order valence-electron chi connectivity index (χ3n) is 3.46. The maximum absolute atomic E-state index is 12.2. The number of nitrogens with one attached hydrogen (secondary N) is 2. The van der Waals surface area contributed by atoms with Gasteiger partial charge in [-0.2, -0.15) is 0 Å². The number of ether oxygens (including phenoxy) is 3. The molecule has 2 aromatic carbocycles. The van der Waals surface area contributed by atoms with Gasteiger partial charge in [-0.05, 0) is 5.56 Å². The molecule has 0 radical (unpaired) electrons. The van der Waals surface area contributed by atoms with Crippen LogP contribution < -0.4 is 24.8 Å². The average Bonchev–Trinajstić information content (AvgIpc) is 2.73. The Hall–Kier alpha value is -3.22. The van der Waals surface area contributed by atoms with Gasteiger partial charge in [-0.15, -0.1) is 0 Å². The lowest BCUT2D eigenvalue weighted by atomic mass is 10.2. The Morgan fingerprint density at radius 1 is 0.852 bits per heavy atom. The first-order chi connectivity index (χ1) is 13.1. The van der Waals surface area contributed by atoms with Crippen molar-refractivity contribution in [3.8, 4) is 17.2 Å². The summed E-state index contributed by atoms with van der Waals surface area (Å²) in [5.74, 6) is -0.442. The zero-order chi connectivity index (χ0) is 20.2. The summed E-state index contributed by atoms with van der Waals surface area (Å²) in [5.41, 5.74) is 1.15. The van der Waals surface area contributed by atoms with Gasteiger partial charge >= 0.3 is 11.8 Å². The van der Waals surface area contributed by atoms with Gasteiger partial charge in [0.2, 0.25) is 0 Å². The Morgan fingerprint density at radius 2 is 1.41 bits per heavy atom. The number of methoxy groups -OCH3 is 3. The van der Waals surface area contributed by atoms with Gasteiger partial charge in [0.05, 0.1) is 21.3 Å². The molecule has 27 heavy (non-hydrogen) atoms. The van der Waals surface area contributed by atoms with Crippen LogP contribution in [0.5, 0.6) is 17.2 Å². The van der Waals surface area contributed by atoms with Gasteiger partial charge in [-0.3, -0.25) is 9.59 Å². The van der Waals surface area contributed by atoms with E-state index in [2.05, 4.69) is 10.6 Å². The fraction of sp³-hybridized carbons (Fsp3) is 0.300. The van der Waals surface area contributed by atoms with Gasteiger partial charge < -0.3 is 24.8 Å². The molecule has 0 aliphatic carbocycles. The molecule has 2 aromatic rings. The normalized spacial score (nSPS) is 9.37. The van der Waals surface area contributed by atoms with Crippen LogP contribution in [-0.4, -0.2) is 33.1 Å². The second kappa shape index (κ2) is 11.4. The summed E-state index contributed by atoms with van der Waals surface area (Å²) < 4.78 is 15.6. The number of amides is 2. The SMILES string of the molecule is CC.COc1cc(OC)c(NC(=O)C(=O)NCc2ccccc2)c(OC)c1. The molecule has 146 valence electrons. The van der Waals surface area contributed by atoms with Crippen molar-refractivity contribution < 1.29 is 23.8 Å². The zero-order valence-electron chi connectivity index (χ0n) is 16.3. The number of carbonyl (C=O) groups is 2. The monoisotopic (exact) mass is 374 g/mol. The van der Waals surface area contributed by atoms with E-state index >= 15 is 0 Å². The van der Waals surface area contributed by atoms with Gasteiger partial charge in [0.1, 0.15) is 22.9 Å². The number of hydrogen-bond acceptors (Lipinski definition) is 5. The number of hydrogen-bond donors (Lipinski definition) is 2. The second-order valence-corrected chi connectivity index (χ2v) is 5.03. The lowest BCUT2D eigenvalue weighted by molar-refractivity contribution is -0.136. The number of carbonyl (C=O) groups excluding carboxylic acids is 2. The lowest BCUT2D eigenvalue weighted by Gasteiger charge is -2.15. The molecule has 0 fully saturated rings. The number of benzene rings is 2. The van der Waals surface area contributed by atoms with Gasteiger partial charge in [0, 0.05) is 18.7 Å². The Labute approximate surface area is 159 Å². The topological polar surface area (TPSA) is 85.9 Å². The number of anilines is 1. The predicted molar refractivity (Wildman–Crippen MR) is 104 cm³/mol. The Balaban J connectivity index is 0.00000176. The van der Waals surface area contributed by atoms with Gasteiger partial charge in [0.15, 0.2) is 0 Å². The molecule has 0 aliphatic rings. The predicted octanol–water partition coefficient (Wildman–Crippen LogP) is 2.99. The van der Waals surface area contributed by atoms with E-state index in [1.807, 2.05) is 44.2 Å². The average molecular weight is 374 g/mol. The molecular weight excluding hydrogens is 348 g/mol. The van der Waals surface area contributed by atoms with E-state index in [1.165, 1.54) is 21.3 Å². The molecule has 7 heteroatoms. The van der Waals surface area contributed by atoms with Crippen LogP contribution in [0.15, 0.2) is 42.5 Å². The van der Waals surface area contributed by atoms with Crippen molar-refractivity contribution in [1.82, 2.24) is 5.32 Å². The quantitative estimate of drug-likeness (QED) is 0.759. The largest absolute Gasteiger partial charge is 0.496 e. The molecule has 0 spiro atoms. The third-order valence-corrected chi connectivity index (χ3v) is 3.46. The maximum atomic E-state index is 12.2. The molecule has 0 saturated carbocycles. The summed E-state index contributed by atoms with van der Waals surface area (Å²) in [5, 5.41) is 5.07. The molecule has 2 amide bonds. The summed E-state index contributed by atoms with van der Waals surface area (Å²) in [6.07, 6.45) is 0. The van der Waals surface area contributed by atoms with Crippen molar-refractivity contribution in [2.45, 2.75) is 20.4 Å². The lowest BCUT2D eigenvalue weighted by Crippen LogP contribution is -2.35. The van der Waals surface area contributed by atoms with Crippen LogP contribution in [0.3, 0.4) is 0 Å². The molecule has 0 aromatic heterocycles. The van der Waals surface area contributed by atoms with E-state index in [-0.39, 0.29) is 12.2 Å². The minimum Gasteiger partial charge on any atom is -0.496 e. The maximum Gasteiger partial charge on any atom is 0.313 e. The first-order valence-electron chi connectivity index (χ1n) is 8.52. The highest BCUT2D eigenvalue weighted by Gasteiger charge is 2.20. The van der Waals surface area contributed by atoms with E-state index < -0.39 is 11.8 Å². The minimum absolute atomic E-state index is 0.254. The van der Waals surface area contributed by atoms with Crippen molar-refractivity contribution in [3.63, 3.8) is 0 Å². The Kier molecular flexibility index (Phi) is 9.22. The molecule has 0 heterocycles. The molecule has 0 unspecified atom stereocenters. The molecule has 2 rings (SSSR count). The molecule has 0 aliphatic heterocycles. The molecule has 0 bridgehead atoms. The van der Waals surface area contributed by atoms with Crippen LogP contribution >= 0.6 is 0 Å². The van der Waals surface area contributed by atoms with Crippen molar-refractivity contribution in [2.24, 2.45) is 0 Å². The summed E-state index contributed by atoms with van der Waals surface area (Å²) in [7, 11) is 4.39. The minimum atomic E-state index is -0.822. The van der Waals surface area contributed by atoms with Crippen LogP contribution in [0.2, 0.25) is 0 Å². The molecule has 7 nitrogen and oxygen atoms in total. The van der Waals surface area contributed by atoms with Crippen LogP contribution in [0.1, 0.15) is 19.4 Å². The van der Waals surface area contributed by atoms with Crippen LogP contribution in [-0.2, 0) is 16.1 Å². The van der Waals surface area contributed by atoms with Crippen LogP contribution in [0, 0.1) is 0 Å². The fourth-order valence-corrected chi connectivity index (χ4v) is 2.16. The van der Waals surface area contributed by atoms with Gasteiger partial charge in [-0.25, -0.2) is 0 Å². The number of rotatable bonds is 6. The summed E-state index contributed by atoms with van der Waals surface area (Å²) in [6, 6.07) is 12.5. The third kappa shape index (κ3) is 6.22. The highest BCUT2D eigenvalue weighted by Crippen LogP contribution is 2.38. The summed E-state index contributed by atoms with van der Waals surface area (Å²) >= 11 is 0. The first kappa shape index (κ1) is 21.8. The van der Waals surface area contributed by atoms with E-state index in [0.29, 0.717) is 17.2 Å². The van der Waals surface area contributed by atoms with Crippen molar-refractivity contribution in [2.75, 3.05) is 26.6 Å². The Bertz CT molecular complexity index is 722. The molecule has 2 N–H and O–H groups in total. The van der Waals surface area contributed by atoms with E-state index in [4.69, 9.17) is 14.2 Å². The second-order valence-electron chi connectivity index (χ2n) is 5.03. The Morgan fingerprint density at radius 3 is 1.89 bits per heavy atom. The van der Waals surface area contributed by atoms with E-state index in [1.54, 1.807) is 12.1 Å². The zero-order valence-corrected chi connectivity index (χ0v) is 16.3. The molecule has 0 atom stereocenters. The van der Waals surface area contributed by atoms with E-state index in [9.17, 15) is 9.59 Å². The van der Waals surface area contributed by atoms with Crippen molar-refractivity contribution in [3.05, 3.63) is 48.0 Å².